The van der Waals surface area contributed by atoms with Crippen LogP contribution in [0.15, 0.2) is 76.8 Å². The number of nitrogens with zero attached hydrogens (tertiary/aromatic N) is 4. The van der Waals surface area contributed by atoms with Crippen LogP contribution in [0.25, 0.3) is 11.0 Å². The molecule has 1 unspecified atom stereocenters. The predicted molar refractivity (Wildman–Crippen MR) is 138 cm³/mol. The van der Waals surface area contributed by atoms with E-state index in [0.29, 0.717) is 31.9 Å². The van der Waals surface area contributed by atoms with E-state index in [-0.39, 0.29) is 18.7 Å². The molecule has 0 aliphatic rings. The molecule has 1 aromatic heterocycles. The molecule has 0 aliphatic heterocycles. The highest BCUT2D eigenvalue weighted by Crippen LogP contribution is 2.27. The maximum Gasteiger partial charge on any atom is 0.203 e. The molecule has 0 saturated heterocycles. The van der Waals surface area contributed by atoms with Gasteiger partial charge in [0.1, 0.15) is 0 Å². The van der Waals surface area contributed by atoms with Gasteiger partial charge in [-0.15, -0.1) is 0 Å². The summed E-state index contributed by atoms with van der Waals surface area (Å²) in [5, 5.41) is 24.8. The summed E-state index contributed by atoms with van der Waals surface area (Å²) in [6.07, 6.45) is 0.654. The molecule has 1 atom stereocenters. The number of imidazole rings is 1. The van der Waals surface area contributed by atoms with Crippen LogP contribution in [0.5, 0.6) is 0 Å². The zero-order chi connectivity index (χ0) is 24.2. The standard InChI is InChI=1S/C24H21Cl3N6O/c25-16-7-9-21-22(11-16)32(13-18(31-29)12-30-17-4-2-1-3-5-17)24(28)33(21)14-23(34)15-6-8-19(26)20(27)10-15/h1-12,23,28,34H,13-14,29H2. The highest BCUT2D eigenvalue weighted by Gasteiger charge is 2.17. The number of hydrogen-bond acceptors (Lipinski definition) is 5. The van der Waals surface area contributed by atoms with Crippen molar-refractivity contribution in [3.8, 4) is 0 Å². The molecule has 0 spiro atoms. The van der Waals surface area contributed by atoms with Gasteiger partial charge >= 0.3 is 0 Å². The Morgan fingerprint density at radius 1 is 0.971 bits per heavy atom. The van der Waals surface area contributed by atoms with Crippen LogP contribution < -0.4 is 11.5 Å². The molecule has 0 fully saturated rings. The molecule has 4 rings (SSSR count). The van der Waals surface area contributed by atoms with Gasteiger partial charge in [0.2, 0.25) is 5.62 Å². The number of nitrogens with one attached hydrogen (secondary N) is 1. The molecule has 174 valence electrons. The molecule has 0 amide bonds. The van der Waals surface area contributed by atoms with Crippen molar-refractivity contribution < 1.29 is 5.11 Å². The zero-order valence-electron chi connectivity index (χ0n) is 17.9. The lowest BCUT2D eigenvalue weighted by atomic mass is 10.1. The highest BCUT2D eigenvalue weighted by atomic mass is 35.5. The van der Waals surface area contributed by atoms with E-state index in [2.05, 4.69) is 10.1 Å². The molecule has 7 nitrogen and oxygen atoms in total. The number of halogens is 3. The number of aromatic nitrogens is 2. The van der Waals surface area contributed by atoms with Crippen molar-refractivity contribution >= 4 is 63.4 Å². The van der Waals surface area contributed by atoms with Gasteiger partial charge in [-0.1, -0.05) is 59.1 Å². The van der Waals surface area contributed by atoms with E-state index in [4.69, 9.17) is 46.1 Å². The second kappa shape index (κ2) is 10.4. The number of hydrogen-bond donors (Lipinski definition) is 3. The van der Waals surface area contributed by atoms with Crippen molar-refractivity contribution in [2.24, 2.45) is 15.9 Å². The first-order chi connectivity index (χ1) is 16.4. The van der Waals surface area contributed by atoms with Gasteiger partial charge in [-0.2, -0.15) is 5.10 Å². The molecular weight excluding hydrogens is 495 g/mol. The van der Waals surface area contributed by atoms with Gasteiger partial charge in [-0.3, -0.25) is 10.4 Å². The van der Waals surface area contributed by atoms with Gasteiger partial charge in [0.15, 0.2) is 0 Å². The Morgan fingerprint density at radius 3 is 2.44 bits per heavy atom. The van der Waals surface area contributed by atoms with E-state index < -0.39 is 6.10 Å². The van der Waals surface area contributed by atoms with Gasteiger partial charge in [0.25, 0.3) is 0 Å². The first-order valence-corrected chi connectivity index (χ1v) is 11.4. The molecule has 34 heavy (non-hydrogen) atoms. The summed E-state index contributed by atoms with van der Waals surface area (Å²) in [7, 11) is 0. The van der Waals surface area contributed by atoms with Crippen LogP contribution in [0.1, 0.15) is 11.7 Å². The highest BCUT2D eigenvalue weighted by molar-refractivity contribution is 6.42. The van der Waals surface area contributed by atoms with Crippen LogP contribution in [-0.4, -0.2) is 26.2 Å². The smallest absolute Gasteiger partial charge is 0.203 e. The van der Waals surface area contributed by atoms with Crippen LogP contribution in [0.2, 0.25) is 15.1 Å². The van der Waals surface area contributed by atoms with Crippen molar-refractivity contribution in [3.63, 3.8) is 0 Å². The summed E-state index contributed by atoms with van der Waals surface area (Å²) in [5.74, 6) is 5.62. The van der Waals surface area contributed by atoms with Crippen molar-refractivity contribution in [2.45, 2.75) is 19.2 Å². The zero-order valence-corrected chi connectivity index (χ0v) is 20.1. The number of aliphatic hydroxyl groups is 1. The van der Waals surface area contributed by atoms with Crippen molar-refractivity contribution in [1.82, 2.24) is 9.13 Å². The minimum atomic E-state index is -0.916. The summed E-state index contributed by atoms with van der Waals surface area (Å²) < 4.78 is 3.41. The lowest BCUT2D eigenvalue weighted by molar-refractivity contribution is 0.156. The number of fused-ring (bicyclic) bond motifs is 1. The molecule has 1 heterocycles. The Labute approximate surface area is 210 Å². The third-order valence-corrected chi connectivity index (χ3v) is 6.29. The first-order valence-electron chi connectivity index (χ1n) is 10.3. The van der Waals surface area contributed by atoms with Crippen molar-refractivity contribution in [1.29, 1.82) is 5.41 Å². The Balaban J connectivity index is 1.69. The Hall–Kier alpha value is -3.10. The topological polar surface area (TPSA) is 105 Å². The van der Waals surface area contributed by atoms with Crippen molar-refractivity contribution in [3.05, 3.63) is 93.0 Å². The molecule has 0 bridgehead atoms. The summed E-state index contributed by atoms with van der Waals surface area (Å²) in [4.78, 5) is 4.40. The number of rotatable bonds is 7. The molecule has 0 saturated carbocycles. The summed E-state index contributed by atoms with van der Waals surface area (Å²) >= 11 is 18.4. The number of benzene rings is 3. The normalized spacial score (nSPS) is 13.1. The van der Waals surface area contributed by atoms with Gasteiger partial charge in [0, 0.05) is 5.02 Å². The molecule has 3 aromatic carbocycles. The summed E-state index contributed by atoms with van der Waals surface area (Å²) in [6.45, 7) is 0.313. The molecule has 10 heteroatoms. The van der Waals surface area contributed by atoms with Crippen LogP contribution in [0.4, 0.5) is 5.69 Å². The Bertz CT molecular complexity index is 1440. The Morgan fingerprint density at radius 2 is 1.74 bits per heavy atom. The van der Waals surface area contributed by atoms with Gasteiger partial charge in [-0.05, 0) is 48.0 Å². The average molecular weight is 516 g/mol. The minimum Gasteiger partial charge on any atom is -0.387 e. The Kier molecular flexibility index (Phi) is 7.38. The van der Waals surface area contributed by atoms with Crippen LogP contribution in [0, 0.1) is 5.41 Å². The third-order valence-electron chi connectivity index (χ3n) is 5.32. The van der Waals surface area contributed by atoms with Crippen LogP contribution in [-0.2, 0) is 13.1 Å². The SMILES string of the molecule is N=c1n(CC(C=Nc2ccccc2)=NN)c2cc(Cl)ccc2n1CC(O)c1ccc(Cl)c(Cl)c1. The fraction of sp³-hybridized carbons (Fsp3) is 0.125. The summed E-state index contributed by atoms with van der Waals surface area (Å²) in [6, 6.07) is 19.7. The monoisotopic (exact) mass is 514 g/mol. The second-order valence-electron chi connectivity index (χ2n) is 7.56. The maximum absolute atomic E-state index is 10.9. The number of hydrazone groups is 1. The summed E-state index contributed by atoms with van der Waals surface area (Å²) in [5.41, 5.74) is 3.39. The van der Waals surface area contributed by atoms with Gasteiger partial charge in [-0.25, -0.2) is 0 Å². The third kappa shape index (κ3) is 5.18. The van der Waals surface area contributed by atoms with Gasteiger partial charge in [0.05, 0.1) is 57.9 Å². The predicted octanol–water partition coefficient (Wildman–Crippen LogP) is 5.33. The van der Waals surface area contributed by atoms with E-state index in [0.717, 1.165) is 11.2 Å². The molecular formula is C24H21Cl3N6O. The lowest BCUT2D eigenvalue weighted by Crippen LogP contribution is -2.29. The molecule has 0 radical (unpaired) electrons. The van der Waals surface area contributed by atoms with Crippen LogP contribution in [0.3, 0.4) is 0 Å². The van der Waals surface area contributed by atoms with E-state index in [9.17, 15) is 5.11 Å². The first kappa shape index (κ1) is 24.0. The maximum atomic E-state index is 10.9. The molecule has 0 aliphatic carbocycles. The fourth-order valence-electron chi connectivity index (χ4n) is 3.60. The lowest BCUT2D eigenvalue weighted by Gasteiger charge is -2.13. The van der Waals surface area contributed by atoms with Crippen LogP contribution >= 0.6 is 34.8 Å². The molecule has 4 N–H and O–H groups in total. The van der Waals surface area contributed by atoms with Crippen molar-refractivity contribution in [2.75, 3.05) is 0 Å². The van der Waals surface area contributed by atoms with E-state index in [1.165, 1.54) is 0 Å². The van der Waals surface area contributed by atoms with Gasteiger partial charge < -0.3 is 20.1 Å². The largest absolute Gasteiger partial charge is 0.387 e. The van der Waals surface area contributed by atoms with E-state index in [1.807, 2.05) is 36.4 Å². The fourth-order valence-corrected chi connectivity index (χ4v) is 4.07. The van der Waals surface area contributed by atoms with E-state index >= 15 is 0 Å². The van der Waals surface area contributed by atoms with E-state index in [1.54, 1.807) is 45.7 Å². The number of para-hydroxylation sites is 1. The molecule has 4 aromatic rings. The number of aliphatic hydroxyl groups excluding tert-OH is 1. The number of aliphatic imine (C=N–C) groups is 1. The average Bonchev–Trinajstić information content (AvgIpc) is 3.08. The quantitative estimate of drug-likeness (QED) is 0.176. The minimum absolute atomic E-state index is 0.120. The number of nitrogens with two attached hydrogens (primary N) is 1. The second-order valence-corrected chi connectivity index (χ2v) is 8.81.